The average molecular weight is 433 g/mol. The van der Waals surface area contributed by atoms with Gasteiger partial charge in [-0.2, -0.15) is 0 Å². The summed E-state index contributed by atoms with van der Waals surface area (Å²) in [6.45, 7) is 0.650. The van der Waals surface area contributed by atoms with Gasteiger partial charge in [0, 0.05) is 12.7 Å². The van der Waals surface area contributed by atoms with Crippen LogP contribution < -0.4 is 30.4 Å². The van der Waals surface area contributed by atoms with Crippen molar-refractivity contribution in [2.45, 2.75) is 0 Å². The summed E-state index contributed by atoms with van der Waals surface area (Å²) in [4.78, 5) is 24.0. The summed E-state index contributed by atoms with van der Waals surface area (Å²) in [6, 6.07) is 13.3. The second-order valence-corrected chi connectivity index (χ2v) is 6.19. The van der Waals surface area contributed by atoms with Gasteiger partial charge in [-0.25, -0.2) is 0 Å². The fraction of sp³-hybridized carbons (Fsp3) is 0.250. The summed E-state index contributed by atoms with van der Waals surface area (Å²) in [7, 11) is 3.15. The number of ether oxygens (including phenoxy) is 4. The van der Waals surface area contributed by atoms with Crippen molar-refractivity contribution in [2.24, 2.45) is 0 Å². The second-order valence-electron chi connectivity index (χ2n) is 5.79. The van der Waals surface area contributed by atoms with Gasteiger partial charge >= 0.3 is 0 Å². The molecule has 3 N–H and O–H groups in total. The molecular formula is C20H23N3O6S. The Hall–Kier alpha value is -3.37. The highest BCUT2D eigenvalue weighted by molar-refractivity contribution is 7.80. The van der Waals surface area contributed by atoms with E-state index in [9.17, 15) is 9.59 Å². The average Bonchev–Trinajstić information content (AvgIpc) is 2.77. The van der Waals surface area contributed by atoms with Gasteiger partial charge in [0.05, 0.1) is 13.7 Å². The van der Waals surface area contributed by atoms with Crippen molar-refractivity contribution in [3.05, 3.63) is 54.1 Å². The zero-order valence-electron chi connectivity index (χ0n) is 16.6. The summed E-state index contributed by atoms with van der Waals surface area (Å²) in [6.07, 6.45) is 0. The Balaban J connectivity index is 1.70. The number of carbonyl (C=O) groups is 2. The van der Waals surface area contributed by atoms with Crippen molar-refractivity contribution in [3.8, 4) is 17.2 Å². The van der Waals surface area contributed by atoms with E-state index in [1.807, 2.05) is 0 Å². The zero-order valence-corrected chi connectivity index (χ0v) is 17.4. The van der Waals surface area contributed by atoms with Crippen LogP contribution in [0.4, 0.5) is 0 Å². The Labute approximate surface area is 179 Å². The van der Waals surface area contributed by atoms with Crippen LogP contribution in [-0.2, 0) is 9.53 Å². The fourth-order valence-electron chi connectivity index (χ4n) is 2.14. The van der Waals surface area contributed by atoms with Crippen LogP contribution in [-0.4, -0.2) is 51.0 Å². The number of carbonyl (C=O) groups excluding carboxylic acids is 2. The molecule has 9 nitrogen and oxygen atoms in total. The first-order valence-corrected chi connectivity index (χ1v) is 9.31. The van der Waals surface area contributed by atoms with Crippen LogP contribution in [0.25, 0.3) is 0 Å². The lowest BCUT2D eigenvalue weighted by Crippen LogP contribution is -2.49. The Kier molecular flexibility index (Phi) is 9.35. The first kappa shape index (κ1) is 22.9. The topological polar surface area (TPSA) is 107 Å². The minimum absolute atomic E-state index is 0.0572. The van der Waals surface area contributed by atoms with Crippen molar-refractivity contribution < 1.29 is 28.5 Å². The molecule has 0 unspecified atom stereocenters. The number of amides is 2. The maximum Gasteiger partial charge on any atom is 0.276 e. The lowest BCUT2D eigenvalue weighted by Gasteiger charge is -2.12. The second kappa shape index (κ2) is 12.2. The molecule has 30 heavy (non-hydrogen) atoms. The van der Waals surface area contributed by atoms with Gasteiger partial charge in [0.15, 0.2) is 11.7 Å². The number of methoxy groups -OCH3 is 2. The highest BCUT2D eigenvalue weighted by Crippen LogP contribution is 2.16. The summed E-state index contributed by atoms with van der Waals surface area (Å²) in [5.41, 5.74) is 5.17. The molecule has 0 heterocycles. The fourth-order valence-corrected chi connectivity index (χ4v) is 2.28. The molecule has 0 aliphatic rings. The SMILES string of the molecule is COCCOc1ccc(C(=O)NC(=S)NNC(=O)COc2ccc(OC)cc2)cc1. The van der Waals surface area contributed by atoms with E-state index in [-0.39, 0.29) is 11.7 Å². The lowest BCUT2D eigenvalue weighted by molar-refractivity contribution is -0.123. The Bertz CT molecular complexity index is 843. The van der Waals surface area contributed by atoms with E-state index in [4.69, 9.17) is 31.2 Å². The molecular weight excluding hydrogens is 410 g/mol. The first-order valence-electron chi connectivity index (χ1n) is 8.90. The van der Waals surface area contributed by atoms with Crippen LogP contribution in [0.3, 0.4) is 0 Å². The molecule has 0 aliphatic heterocycles. The van der Waals surface area contributed by atoms with E-state index in [1.165, 1.54) is 0 Å². The van der Waals surface area contributed by atoms with Gasteiger partial charge in [0.1, 0.15) is 23.9 Å². The predicted molar refractivity (Wildman–Crippen MR) is 114 cm³/mol. The van der Waals surface area contributed by atoms with Crippen molar-refractivity contribution in [1.29, 1.82) is 0 Å². The molecule has 0 bridgehead atoms. The van der Waals surface area contributed by atoms with E-state index in [1.54, 1.807) is 62.8 Å². The minimum Gasteiger partial charge on any atom is -0.497 e. The summed E-state index contributed by atoms with van der Waals surface area (Å²) in [5.74, 6) is 0.910. The third-order valence-corrected chi connectivity index (χ3v) is 3.85. The summed E-state index contributed by atoms with van der Waals surface area (Å²) in [5, 5.41) is 2.40. The molecule has 10 heteroatoms. The molecule has 0 radical (unpaired) electrons. The van der Waals surface area contributed by atoms with Crippen LogP contribution in [0.1, 0.15) is 10.4 Å². The van der Waals surface area contributed by atoms with Crippen LogP contribution >= 0.6 is 12.2 Å². The number of rotatable bonds is 9. The van der Waals surface area contributed by atoms with Crippen molar-refractivity contribution >= 4 is 29.1 Å². The number of nitrogens with one attached hydrogen (secondary N) is 3. The molecule has 0 aromatic heterocycles. The van der Waals surface area contributed by atoms with Gasteiger partial charge in [-0.1, -0.05) is 0 Å². The largest absolute Gasteiger partial charge is 0.497 e. The smallest absolute Gasteiger partial charge is 0.276 e. The third-order valence-electron chi connectivity index (χ3n) is 3.64. The molecule has 0 aliphatic carbocycles. The number of hydrogen-bond acceptors (Lipinski definition) is 7. The highest BCUT2D eigenvalue weighted by atomic mass is 32.1. The summed E-state index contributed by atoms with van der Waals surface area (Å²) < 4.78 is 20.7. The van der Waals surface area contributed by atoms with Crippen molar-refractivity contribution in [1.82, 2.24) is 16.2 Å². The molecule has 160 valence electrons. The molecule has 2 amide bonds. The van der Waals surface area contributed by atoms with E-state index >= 15 is 0 Å². The van der Waals surface area contributed by atoms with Gasteiger partial charge in [-0.05, 0) is 60.7 Å². The predicted octanol–water partition coefficient (Wildman–Crippen LogP) is 1.43. The van der Waals surface area contributed by atoms with Crippen LogP contribution in [0, 0.1) is 0 Å². The molecule has 2 rings (SSSR count). The quantitative estimate of drug-likeness (QED) is 0.310. The number of benzene rings is 2. The third kappa shape index (κ3) is 7.94. The molecule has 0 saturated carbocycles. The normalized spacial score (nSPS) is 9.93. The van der Waals surface area contributed by atoms with Crippen molar-refractivity contribution in [3.63, 3.8) is 0 Å². The molecule has 2 aromatic carbocycles. The van der Waals surface area contributed by atoms with Crippen molar-refractivity contribution in [2.75, 3.05) is 34.0 Å². The van der Waals surface area contributed by atoms with Crippen LogP contribution in [0.2, 0.25) is 0 Å². The Morgan fingerprint density at radius 2 is 1.43 bits per heavy atom. The van der Waals surface area contributed by atoms with Gasteiger partial charge in [-0.15, -0.1) is 0 Å². The monoisotopic (exact) mass is 433 g/mol. The highest BCUT2D eigenvalue weighted by Gasteiger charge is 2.09. The summed E-state index contributed by atoms with van der Waals surface area (Å²) >= 11 is 5.00. The van der Waals surface area contributed by atoms with Gasteiger partial charge < -0.3 is 18.9 Å². The molecule has 2 aromatic rings. The van der Waals surface area contributed by atoms with E-state index < -0.39 is 11.8 Å². The maximum atomic E-state index is 12.2. The number of hydrogen-bond donors (Lipinski definition) is 3. The number of thiocarbonyl (C=S) groups is 1. The first-order chi connectivity index (χ1) is 14.5. The lowest BCUT2D eigenvalue weighted by atomic mass is 10.2. The Morgan fingerprint density at radius 3 is 2.07 bits per heavy atom. The van der Waals surface area contributed by atoms with Gasteiger partial charge in [0.25, 0.3) is 11.8 Å². The van der Waals surface area contributed by atoms with E-state index in [2.05, 4.69) is 16.2 Å². The standard InChI is InChI=1S/C20H23N3O6S/c1-26-11-12-28-16-5-3-14(4-6-16)19(25)21-20(30)23-22-18(24)13-29-17-9-7-15(27-2)8-10-17/h3-10H,11-13H2,1-2H3,(H,22,24)(H2,21,23,25,30). The van der Waals surface area contributed by atoms with Gasteiger partial charge in [-0.3, -0.25) is 25.8 Å². The van der Waals surface area contributed by atoms with Crippen LogP contribution in [0.15, 0.2) is 48.5 Å². The molecule has 0 spiro atoms. The molecule has 0 saturated heterocycles. The Morgan fingerprint density at radius 1 is 0.833 bits per heavy atom. The minimum atomic E-state index is -0.472. The molecule has 0 fully saturated rings. The zero-order chi connectivity index (χ0) is 21.8. The number of hydrazine groups is 1. The van der Waals surface area contributed by atoms with Crippen LogP contribution in [0.5, 0.6) is 17.2 Å². The maximum absolute atomic E-state index is 12.2. The van der Waals surface area contributed by atoms with Gasteiger partial charge in [0.2, 0.25) is 0 Å². The van der Waals surface area contributed by atoms with E-state index in [0.29, 0.717) is 36.0 Å². The molecule has 0 atom stereocenters. The van der Waals surface area contributed by atoms with E-state index in [0.717, 1.165) is 0 Å².